The van der Waals surface area contributed by atoms with Crippen molar-refractivity contribution in [3.05, 3.63) is 59.9 Å². The summed E-state index contributed by atoms with van der Waals surface area (Å²) in [5, 5.41) is 2.94. The van der Waals surface area contributed by atoms with E-state index in [2.05, 4.69) is 34.3 Å². The number of rotatable bonds is 5. The first-order valence-corrected chi connectivity index (χ1v) is 8.33. The Morgan fingerprint density at radius 3 is 2.83 bits per heavy atom. The summed E-state index contributed by atoms with van der Waals surface area (Å²) in [7, 11) is 0. The number of carbonyl (C=O) groups excluding carboxylic acids is 1. The SMILES string of the molecule is C[C@H]1CNC(=O)CCN1Cc1ccc(OCc2ccccn2)cc1. The minimum Gasteiger partial charge on any atom is -0.487 e. The molecule has 1 aliphatic heterocycles. The maximum atomic E-state index is 11.5. The number of aromatic nitrogens is 1. The van der Waals surface area contributed by atoms with Crippen molar-refractivity contribution in [2.24, 2.45) is 0 Å². The third kappa shape index (κ3) is 4.55. The van der Waals surface area contributed by atoms with Crippen LogP contribution in [0, 0.1) is 0 Å². The third-order valence-corrected chi connectivity index (χ3v) is 4.27. The highest BCUT2D eigenvalue weighted by Gasteiger charge is 2.19. The normalized spacial score (nSPS) is 18.7. The largest absolute Gasteiger partial charge is 0.487 e. The van der Waals surface area contributed by atoms with Crippen molar-refractivity contribution in [2.75, 3.05) is 13.1 Å². The molecule has 24 heavy (non-hydrogen) atoms. The zero-order valence-electron chi connectivity index (χ0n) is 13.9. The van der Waals surface area contributed by atoms with Crippen LogP contribution in [0.3, 0.4) is 0 Å². The molecular formula is C19H23N3O2. The van der Waals surface area contributed by atoms with E-state index in [-0.39, 0.29) is 5.91 Å². The molecule has 1 atom stereocenters. The summed E-state index contributed by atoms with van der Waals surface area (Å²) in [6, 6.07) is 14.3. The van der Waals surface area contributed by atoms with Crippen LogP contribution < -0.4 is 10.1 Å². The number of benzene rings is 1. The summed E-state index contributed by atoms with van der Waals surface area (Å²) in [6.45, 7) is 4.97. The van der Waals surface area contributed by atoms with E-state index in [1.807, 2.05) is 30.3 Å². The predicted octanol–water partition coefficient (Wildman–Crippen LogP) is 2.37. The number of hydrogen-bond acceptors (Lipinski definition) is 4. The first-order valence-electron chi connectivity index (χ1n) is 8.33. The second kappa shape index (κ2) is 7.93. The molecule has 2 aromatic rings. The number of nitrogens with one attached hydrogen (secondary N) is 1. The zero-order valence-corrected chi connectivity index (χ0v) is 13.9. The highest BCUT2D eigenvalue weighted by Crippen LogP contribution is 2.16. The van der Waals surface area contributed by atoms with Crippen LogP contribution in [-0.2, 0) is 17.9 Å². The molecule has 1 amide bonds. The van der Waals surface area contributed by atoms with Crippen LogP contribution in [0.15, 0.2) is 48.7 Å². The van der Waals surface area contributed by atoms with Crippen molar-refractivity contribution in [1.29, 1.82) is 0 Å². The Balaban J connectivity index is 1.55. The molecule has 0 saturated carbocycles. The summed E-state index contributed by atoms with van der Waals surface area (Å²) in [5.41, 5.74) is 2.14. The number of hydrogen-bond donors (Lipinski definition) is 1. The number of carbonyl (C=O) groups is 1. The van der Waals surface area contributed by atoms with Gasteiger partial charge in [0.1, 0.15) is 12.4 Å². The summed E-state index contributed by atoms with van der Waals surface area (Å²) in [5.74, 6) is 0.979. The first kappa shape index (κ1) is 16.5. The van der Waals surface area contributed by atoms with Gasteiger partial charge < -0.3 is 10.1 Å². The van der Waals surface area contributed by atoms with Crippen molar-refractivity contribution in [3.63, 3.8) is 0 Å². The summed E-state index contributed by atoms with van der Waals surface area (Å²) >= 11 is 0. The molecule has 0 bridgehead atoms. The Labute approximate surface area is 142 Å². The highest BCUT2D eigenvalue weighted by molar-refractivity contribution is 5.76. The smallest absolute Gasteiger partial charge is 0.221 e. The second-order valence-electron chi connectivity index (χ2n) is 6.13. The molecule has 5 heteroatoms. The molecule has 1 aliphatic rings. The van der Waals surface area contributed by atoms with Gasteiger partial charge in [0.15, 0.2) is 0 Å². The van der Waals surface area contributed by atoms with Gasteiger partial charge in [-0.3, -0.25) is 14.7 Å². The van der Waals surface area contributed by atoms with E-state index in [0.29, 0.717) is 25.6 Å². The van der Waals surface area contributed by atoms with Crippen molar-refractivity contribution < 1.29 is 9.53 Å². The molecule has 1 N–H and O–H groups in total. The number of amides is 1. The summed E-state index contributed by atoms with van der Waals surface area (Å²) in [6.07, 6.45) is 2.33. The van der Waals surface area contributed by atoms with Crippen molar-refractivity contribution >= 4 is 5.91 Å². The average molecular weight is 325 g/mol. The lowest BCUT2D eigenvalue weighted by atomic mass is 10.1. The first-order chi connectivity index (χ1) is 11.7. The van der Waals surface area contributed by atoms with E-state index in [9.17, 15) is 4.79 Å². The van der Waals surface area contributed by atoms with Gasteiger partial charge in [0, 0.05) is 38.3 Å². The Morgan fingerprint density at radius 2 is 2.08 bits per heavy atom. The minimum absolute atomic E-state index is 0.141. The molecular weight excluding hydrogens is 302 g/mol. The van der Waals surface area contributed by atoms with Crippen LogP contribution >= 0.6 is 0 Å². The molecule has 5 nitrogen and oxygen atoms in total. The van der Waals surface area contributed by atoms with Crippen LogP contribution in [0.25, 0.3) is 0 Å². The van der Waals surface area contributed by atoms with Crippen molar-refractivity contribution in [3.8, 4) is 5.75 Å². The van der Waals surface area contributed by atoms with E-state index < -0.39 is 0 Å². The van der Waals surface area contributed by atoms with Crippen molar-refractivity contribution in [2.45, 2.75) is 32.5 Å². The van der Waals surface area contributed by atoms with E-state index >= 15 is 0 Å². The van der Waals surface area contributed by atoms with Gasteiger partial charge in [-0.2, -0.15) is 0 Å². The van der Waals surface area contributed by atoms with Crippen LogP contribution in [0.4, 0.5) is 0 Å². The molecule has 0 unspecified atom stereocenters. The quantitative estimate of drug-likeness (QED) is 0.917. The average Bonchev–Trinajstić information content (AvgIpc) is 2.78. The lowest BCUT2D eigenvalue weighted by Crippen LogP contribution is -2.37. The van der Waals surface area contributed by atoms with Gasteiger partial charge in [-0.25, -0.2) is 0 Å². The van der Waals surface area contributed by atoms with Crippen molar-refractivity contribution in [1.82, 2.24) is 15.2 Å². The Kier molecular flexibility index (Phi) is 5.43. The zero-order chi connectivity index (χ0) is 16.8. The van der Waals surface area contributed by atoms with Gasteiger partial charge in [0.25, 0.3) is 0 Å². The summed E-state index contributed by atoms with van der Waals surface area (Å²) < 4.78 is 5.76. The van der Waals surface area contributed by atoms with Crippen LogP contribution in [0.2, 0.25) is 0 Å². The summed E-state index contributed by atoms with van der Waals surface area (Å²) in [4.78, 5) is 18.1. The number of pyridine rings is 1. The molecule has 0 aliphatic carbocycles. The molecule has 2 heterocycles. The molecule has 126 valence electrons. The molecule has 0 spiro atoms. The lowest BCUT2D eigenvalue weighted by molar-refractivity contribution is -0.120. The van der Waals surface area contributed by atoms with Crippen LogP contribution in [0.5, 0.6) is 5.75 Å². The van der Waals surface area contributed by atoms with Gasteiger partial charge in [0.2, 0.25) is 5.91 Å². The van der Waals surface area contributed by atoms with E-state index in [1.165, 1.54) is 5.56 Å². The molecule has 1 aromatic carbocycles. The van der Waals surface area contributed by atoms with Gasteiger partial charge in [0.05, 0.1) is 5.69 Å². The predicted molar refractivity (Wildman–Crippen MR) is 92.5 cm³/mol. The van der Waals surface area contributed by atoms with Gasteiger partial charge in [-0.1, -0.05) is 18.2 Å². The van der Waals surface area contributed by atoms with E-state index in [0.717, 1.165) is 24.5 Å². The molecule has 1 aromatic heterocycles. The topological polar surface area (TPSA) is 54.5 Å². The fourth-order valence-corrected chi connectivity index (χ4v) is 2.75. The molecule has 1 fully saturated rings. The Bertz CT molecular complexity index is 658. The van der Waals surface area contributed by atoms with Crippen LogP contribution in [-0.4, -0.2) is 34.9 Å². The second-order valence-corrected chi connectivity index (χ2v) is 6.13. The Morgan fingerprint density at radius 1 is 1.25 bits per heavy atom. The Hall–Kier alpha value is -2.40. The number of nitrogens with zero attached hydrogens (tertiary/aromatic N) is 2. The maximum absolute atomic E-state index is 11.5. The lowest BCUT2D eigenvalue weighted by Gasteiger charge is -2.26. The molecule has 1 saturated heterocycles. The standard InChI is InChI=1S/C19H23N3O2/c1-15-12-21-19(23)9-11-22(15)13-16-5-7-18(8-6-16)24-14-17-4-2-3-10-20-17/h2-8,10,15H,9,11-14H2,1H3,(H,21,23)/t15-/m0/s1. The minimum atomic E-state index is 0.141. The maximum Gasteiger partial charge on any atom is 0.221 e. The number of ether oxygens (including phenoxy) is 1. The van der Waals surface area contributed by atoms with E-state index in [4.69, 9.17) is 4.74 Å². The van der Waals surface area contributed by atoms with Gasteiger partial charge in [-0.05, 0) is 36.8 Å². The van der Waals surface area contributed by atoms with Gasteiger partial charge >= 0.3 is 0 Å². The monoisotopic (exact) mass is 325 g/mol. The third-order valence-electron chi connectivity index (χ3n) is 4.27. The fraction of sp³-hybridized carbons (Fsp3) is 0.368. The fourth-order valence-electron chi connectivity index (χ4n) is 2.75. The molecule has 0 radical (unpaired) electrons. The highest BCUT2D eigenvalue weighted by atomic mass is 16.5. The van der Waals surface area contributed by atoms with Gasteiger partial charge in [-0.15, -0.1) is 0 Å². The van der Waals surface area contributed by atoms with Crippen LogP contribution in [0.1, 0.15) is 24.6 Å². The molecule has 3 rings (SSSR count). The van der Waals surface area contributed by atoms with E-state index in [1.54, 1.807) is 6.20 Å².